The summed E-state index contributed by atoms with van der Waals surface area (Å²) in [7, 11) is 1.62. The van der Waals surface area contributed by atoms with Crippen LogP contribution in [0.5, 0.6) is 5.75 Å². The number of methoxy groups -OCH3 is 1. The van der Waals surface area contributed by atoms with Gasteiger partial charge in [-0.2, -0.15) is 0 Å². The van der Waals surface area contributed by atoms with Crippen LogP contribution >= 0.6 is 11.3 Å². The summed E-state index contributed by atoms with van der Waals surface area (Å²) in [5.74, 6) is 0.503. The number of amides is 2. The zero-order valence-electron chi connectivity index (χ0n) is 21.1. The number of aromatic amines is 1. The van der Waals surface area contributed by atoms with E-state index in [-0.39, 0.29) is 24.3 Å². The number of H-pyrrole nitrogens is 1. The summed E-state index contributed by atoms with van der Waals surface area (Å²) in [5, 5.41) is 6.31. The number of thiophene rings is 1. The van der Waals surface area contributed by atoms with Crippen LogP contribution in [0.15, 0.2) is 72.2 Å². The maximum Gasteiger partial charge on any atom is 0.247 e. The molecule has 192 valence electrons. The number of carbonyl (C=O) groups is 2. The standard InChI is InChI=1S/C30H33N3O3S/c1-36-24-15-13-21(14-16-24)29(30(35)32-23-8-3-2-4-9-23)33(20-25-10-7-17-37-25)28(34)18-22-19-31-27-12-6-5-11-26(22)27/h5-7,10-17,19,23,29,31H,2-4,8-9,18,20H2,1H3,(H,32,35)/t29-/m1/s1. The van der Waals surface area contributed by atoms with Crippen molar-refractivity contribution in [3.63, 3.8) is 0 Å². The molecule has 2 heterocycles. The number of benzene rings is 2. The molecule has 1 fully saturated rings. The highest BCUT2D eigenvalue weighted by atomic mass is 32.1. The van der Waals surface area contributed by atoms with Crippen molar-refractivity contribution in [2.75, 3.05) is 7.11 Å². The smallest absolute Gasteiger partial charge is 0.247 e. The Balaban J connectivity index is 1.49. The van der Waals surface area contributed by atoms with Crippen LogP contribution in [-0.4, -0.2) is 34.8 Å². The van der Waals surface area contributed by atoms with Crippen molar-refractivity contribution in [3.8, 4) is 5.75 Å². The van der Waals surface area contributed by atoms with Crippen molar-refractivity contribution in [3.05, 3.63) is 88.2 Å². The van der Waals surface area contributed by atoms with E-state index in [1.54, 1.807) is 23.3 Å². The first-order valence-electron chi connectivity index (χ1n) is 12.9. The fourth-order valence-corrected chi connectivity index (χ4v) is 5.93. The second kappa shape index (κ2) is 11.6. The molecule has 7 heteroatoms. The highest BCUT2D eigenvalue weighted by Crippen LogP contribution is 2.29. The number of hydrogen-bond donors (Lipinski definition) is 2. The number of aromatic nitrogens is 1. The monoisotopic (exact) mass is 515 g/mol. The largest absolute Gasteiger partial charge is 0.497 e. The molecule has 0 saturated heterocycles. The number of nitrogens with one attached hydrogen (secondary N) is 2. The molecule has 1 saturated carbocycles. The van der Waals surface area contributed by atoms with Crippen LogP contribution in [0.2, 0.25) is 0 Å². The van der Waals surface area contributed by atoms with Gasteiger partial charge in [0.15, 0.2) is 0 Å². The van der Waals surface area contributed by atoms with E-state index >= 15 is 0 Å². The van der Waals surface area contributed by atoms with E-state index in [2.05, 4.69) is 10.3 Å². The Hall–Kier alpha value is -3.58. The van der Waals surface area contributed by atoms with Gasteiger partial charge in [0.1, 0.15) is 11.8 Å². The fraction of sp³-hybridized carbons (Fsp3) is 0.333. The third-order valence-corrected chi connectivity index (χ3v) is 8.05. The van der Waals surface area contributed by atoms with Gasteiger partial charge in [0.2, 0.25) is 11.8 Å². The van der Waals surface area contributed by atoms with Gasteiger partial charge in [0.25, 0.3) is 0 Å². The zero-order chi connectivity index (χ0) is 25.6. The topological polar surface area (TPSA) is 74.4 Å². The normalized spacial score (nSPS) is 14.8. The highest BCUT2D eigenvalue weighted by molar-refractivity contribution is 7.09. The molecule has 0 bridgehead atoms. The lowest BCUT2D eigenvalue weighted by atomic mass is 9.94. The molecule has 1 atom stereocenters. The SMILES string of the molecule is COc1ccc([C@H](C(=O)NC2CCCCC2)N(Cc2cccs2)C(=O)Cc2c[nH]c3ccccc23)cc1. The highest BCUT2D eigenvalue weighted by Gasteiger charge is 2.33. The summed E-state index contributed by atoms with van der Waals surface area (Å²) in [5.41, 5.74) is 2.70. The summed E-state index contributed by atoms with van der Waals surface area (Å²) < 4.78 is 5.35. The van der Waals surface area contributed by atoms with Crippen LogP contribution in [-0.2, 0) is 22.6 Å². The van der Waals surface area contributed by atoms with E-state index in [1.807, 2.05) is 72.2 Å². The van der Waals surface area contributed by atoms with Crippen molar-refractivity contribution >= 4 is 34.1 Å². The predicted octanol–water partition coefficient (Wildman–Crippen LogP) is 6.00. The zero-order valence-corrected chi connectivity index (χ0v) is 21.9. The van der Waals surface area contributed by atoms with Gasteiger partial charge < -0.3 is 19.9 Å². The molecule has 37 heavy (non-hydrogen) atoms. The quantitative estimate of drug-likeness (QED) is 0.287. The Morgan fingerprint density at radius 2 is 1.84 bits per heavy atom. The van der Waals surface area contributed by atoms with Gasteiger partial charge in [0.05, 0.1) is 20.1 Å². The number of nitrogens with zero attached hydrogens (tertiary/aromatic N) is 1. The lowest BCUT2D eigenvalue weighted by Crippen LogP contribution is -2.47. The summed E-state index contributed by atoms with van der Waals surface area (Å²) in [6.07, 6.45) is 7.52. The number of hydrogen-bond acceptors (Lipinski definition) is 4. The van der Waals surface area contributed by atoms with Gasteiger partial charge >= 0.3 is 0 Å². The summed E-state index contributed by atoms with van der Waals surface area (Å²) >= 11 is 1.59. The van der Waals surface area contributed by atoms with Crippen LogP contribution in [0.25, 0.3) is 10.9 Å². The van der Waals surface area contributed by atoms with Crippen LogP contribution < -0.4 is 10.1 Å². The van der Waals surface area contributed by atoms with Crippen molar-refractivity contribution < 1.29 is 14.3 Å². The molecule has 2 N–H and O–H groups in total. The average Bonchev–Trinajstić information content (AvgIpc) is 3.59. The van der Waals surface area contributed by atoms with E-state index in [4.69, 9.17) is 4.74 Å². The third kappa shape index (κ3) is 5.88. The molecular weight excluding hydrogens is 482 g/mol. The van der Waals surface area contributed by atoms with Gasteiger partial charge in [-0.3, -0.25) is 9.59 Å². The van der Waals surface area contributed by atoms with E-state index in [0.29, 0.717) is 12.3 Å². The molecule has 2 aromatic carbocycles. The summed E-state index contributed by atoms with van der Waals surface area (Å²) in [6.45, 7) is 0.369. The lowest BCUT2D eigenvalue weighted by molar-refractivity contribution is -0.141. The van der Waals surface area contributed by atoms with Crippen LogP contribution in [0.3, 0.4) is 0 Å². The molecule has 2 amide bonds. The first kappa shape index (κ1) is 25.1. The minimum Gasteiger partial charge on any atom is -0.497 e. The van der Waals surface area contributed by atoms with E-state index in [1.165, 1.54) is 6.42 Å². The van der Waals surface area contributed by atoms with Gasteiger partial charge in [0, 0.05) is 28.0 Å². The molecule has 6 nitrogen and oxygen atoms in total. The van der Waals surface area contributed by atoms with Crippen LogP contribution in [0, 0.1) is 0 Å². The maximum atomic E-state index is 14.0. The number of carbonyl (C=O) groups excluding carboxylic acids is 2. The second-order valence-electron chi connectivity index (χ2n) is 9.66. The number of para-hydroxylation sites is 1. The second-order valence-corrected chi connectivity index (χ2v) is 10.7. The Labute approximate surface area is 221 Å². The Kier molecular flexibility index (Phi) is 7.90. The van der Waals surface area contributed by atoms with Crippen molar-refractivity contribution in [1.82, 2.24) is 15.2 Å². The van der Waals surface area contributed by atoms with Crippen molar-refractivity contribution in [2.24, 2.45) is 0 Å². The molecule has 5 rings (SSSR count). The maximum absolute atomic E-state index is 14.0. The first-order chi connectivity index (χ1) is 18.1. The van der Waals surface area contributed by atoms with Gasteiger partial charge in [-0.1, -0.05) is 55.7 Å². The average molecular weight is 516 g/mol. The molecule has 1 aliphatic carbocycles. The number of fused-ring (bicyclic) bond motifs is 1. The Bertz CT molecular complexity index is 1320. The number of ether oxygens (including phenoxy) is 1. The van der Waals surface area contributed by atoms with Crippen LogP contribution in [0.4, 0.5) is 0 Å². The molecular formula is C30H33N3O3S. The molecule has 1 aliphatic rings. The Morgan fingerprint density at radius 1 is 1.05 bits per heavy atom. The molecule has 0 unspecified atom stereocenters. The van der Waals surface area contributed by atoms with E-state index < -0.39 is 6.04 Å². The van der Waals surface area contributed by atoms with E-state index in [0.717, 1.165) is 52.6 Å². The predicted molar refractivity (Wildman–Crippen MR) is 148 cm³/mol. The van der Waals surface area contributed by atoms with Gasteiger partial charge in [-0.05, 0) is 53.6 Å². The van der Waals surface area contributed by atoms with Crippen LogP contribution in [0.1, 0.15) is 54.1 Å². The molecule has 2 aromatic heterocycles. The van der Waals surface area contributed by atoms with Gasteiger partial charge in [-0.25, -0.2) is 0 Å². The summed E-state index contributed by atoms with van der Waals surface area (Å²) in [6, 6.07) is 18.9. The molecule has 0 spiro atoms. The van der Waals surface area contributed by atoms with E-state index in [9.17, 15) is 9.59 Å². The number of rotatable bonds is 9. The molecule has 0 radical (unpaired) electrons. The van der Waals surface area contributed by atoms with Gasteiger partial charge in [-0.15, -0.1) is 11.3 Å². The molecule has 4 aromatic rings. The molecule has 0 aliphatic heterocycles. The third-order valence-electron chi connectivity index (χ3n) is 7.19. The first-order valence-corrected chi connectivity index (χ1v) is 13.8. The lowest BCUT2D eigenvalue weighted by Gasteiger charge is -2.33. The fourth-order valence-electron chi connectivity index (χ4n) is 5.22. The van der Waals surface area contributed by atoms with Crippen molar-refractivity contribution in [2.45, 2.75) is 57.2 Å². The minimum absolute atomic E-state index is 0.0854. The summed E-state index contributed by atoms with van der Waals surface area (Å²) in [4.78, 5) is 34.0. The minimum atomic E-state index is -0.743. The van der Waals surface area contributed by atoms with Crippen molar-refractivity contribution in [1.29, 1.82) is 0 Å². The Morgan fingerprint density at radius 3 is 2.57 bits per heavy atom.